The fourth-order valence-electron chi connectivity index (χ4n) is 2.97. The second-order valence-corrected chi connectivity index (χ2v) is 6.24. The Balaban J connectivity index is 1.98. The number of ether oxygens (including phenoxy) is 1. The molecule has 0 atom stereocenters. The number of methoxy groups -OCH3 is 1. The van der Waals surface area contributed by atoms with Crippen LogP contribution in [0.4, 0.5) is 0 Å². The van der Waals surface area contributed by atoms with E-state index in [9.17, 15) is 4.79 Å². The summed E-state index contributed by atoms with van der Waals surface area (Å²) in [5, 5.41) is 0.783. The van der Waals surface area contributed by atoms with Gasteiger partial charge in [-0.3, -0.25) is 4.79 Å². The number of thiophene rings is 1. The Hall–Kier alpha value is -2.14. The van der Waals surface area contributed by atoms with Crippen LogP contribution in [-0.2, 0) is 12.8 Å². The Morgan fingerprint density at radius 3 is 3.00 bits per heavy atom. The molecule has 0 unspecified atom stereocenters. The zero-order chi connectivity index (χ0) is 14.4. The van der Waals surface area contributed by atoms with Crippen LogP contribution in [0.2, 0.25) is 0 Å². The molecule has 4 nitrogen and oxygen atoms in total. The van der Waals surface area contributed by atoms with Gasteiger partial charge in [-0.25, -0.2) is 4.98 Å². The minimum atomic E-state index is -0.0414. The molecule has 0 fully saturated rings. The van der Waals surface area contributed by atoms with Crippen LogP contribution in [0.3, 0.4) is 0 Å². The van der Waals surface area contributed by atoms with E-state index in [4.69, 9.17) is 4.74 Å². The number of nitrogens with one attached hydrogen (secondary N) is 1. The smallest absolute Gasteiger partial charge is 0.260 e. The quantitative estimate of drug-likeness (QED) is 0.790. The summed E-state index contributed by atoms with van der Waals surface area (Å²) in [6.45, 7) is 0. The van der Waals surface area contributed by atoms with E-state index in [1.165, 1.54) is 10.4 Å². The molecule has 0 spiro atoms. The zero-order valence-electron chi connectivity index (χ0n) is 11.6. The number of rotatable bonds is 2. The number of H-pyrrole nitrogens is 1. The standard InChI is InChI=1S/C16H14N2O2S/c1-20-11-7-3-2-5-9(11)14-17-15(19)13-10-6-4-8-12(10)21-16(13)18-14/h2-3,5,7H,4,6,8H2,1H3,(H,17,18,19). The number of aromatic amines is 1. The first-order chi connectivity index (χ1) is 10.3. The summed E-state index contributed by atoms with van der Waals surface area (Å²) in [6.07, 6.45) is 3.21. The fraction of sp³-hybridized carbons (Fsp3) is 0.250. The van der Waals surface area contributed by atoms with Gasteiger partial charge in [-0.15, -0.1) is 11.3 Å². The van der Waals surface area contributed by atoms with Crippen molar-refractivity contribution in [2.24, 2.45) is 0 Å². The van der Waals surface area contributed by atoms with Crippen molar-refractivity contribution >= 4 is 21.6 Å². The minimum absolute atomic E-state index is 0.0414. The van der Waals surface area contributed by atoms with Gasteiger partial charge in [0, 0.05) is 4.88 Å². The molecular formula is C16H14N2O2S. The van der Waals surface area contributed by atoms with E-state index < -0.39 is 0 Å². The summed E-state index contributed by atoms with van der Waals surface area (Å²) >= 11 is 1.65. The summed E-state index contributed by atoms with van der Waals surface area (Å²) in [5.74, 6) is 1.29. The molecule has 0 saturated carbocycles. The number of fused-ring (bicyclic) bond motifs is 3. The predicted molar refractivity (Wildman–Crippen MR) is 84.3 cm³/mol. The van der Waals surface area contributed by atoms with Gasteiger partial charge in [0.1, 0.15) is 16.4 Å². The SMILES string of the molecule is COc1ccccc1-c1nc2sc3c(c2c(=O)[nH]1)CCC3. The van der Waals surface area contributed by atoms with Gasteiger partial charge in [0.05, 0.1) is 18.1 Å². The van der Waals surface area contributed by atoms with Gasteiger partial charge < -0.3 is 9.72 Å². The first kappa shape index (κ1) is 12.6. The molecule has 1 aromatic carbocycles. The van der Waals surface area contributed by atoms with E-state index in [1.54, 1.807) is 18.4 Å². The van der Waals surface area contributed by atoms with Crippen molar-refractivity contribution < 1.29 is 4.74 Å². The maximum atomic E-state index is 12.5. The third kappa shape index (κ3) is 1.88. The fourth-order valence-corrected chi connectivity index (χ4v) is 4.23. The second kappa shape index (κ2) is 4.70. The van der Waals surface area contributed by atoms with Gasteiger partial charge in [-0.2, -0.15) is 0 Å². The van der Waals surface area contributed by atoms with Crippen molar-refractivity contribution in [1.29, 1.82) is 0 Å². The van der Waals surface area contributed by atoms with E-state index in [0.717, 1.165) is 35.0 Å². The maximum Gasteiger partial charge on any atom is 0.260 e. The molecule has 5 heteroatoms. The predicted octanol–water partition coefficient (Wildman–Crippen LogP) is 3.15. The second-order valence-electron chi connectivity index (χ2n) is 5.15. The van der Waals surface area contributed by atoms with Crippen molar-refractivity contribution in [3.8, 4) is 17.1 Å². The highest BCUT2D eigenvalue weighted by Crippen LogP contribution is 2.36. The van der Waals surface area contributed by atoms with Crippen LogP contribution in [0.15, 0.2) is 29.1 Å². The van der Waals surface area contributed by atoms with E-state index in [2.05, 4.69) is 9.97 Å². The molecule has 1 aliphatic rings. The van der Waals surface area contributed by atoms with Crippen LogP contribution in [-0.4, -0.2) is 17.1 Å². The summed E-state index contributed by atoms with van der Waals surface area (Å²) in [6, 6.07) is 7.59. The molecule has 0 saturated heterocycles. The van der Waals surface area contributed by atoms with Gasteiger partial charge in [0.25, 0.3) is 5.56 Å². The van der Waals surface area contributed by atoms with E-state index in [0.29, 0.717) is 11.6 Å². The van der Waals surface area contributed by atoms with Gasteiger partial charge >= 0.3 is 0 Å². The lowest BCUT2D eigenvalue weighted by Crippen LogP contribution is -2.09. The lowest BCUT2D eigenvalue weighted by molar-refractivity contribution is 0.416. The Kier molecular flexibility index (Phi) is 2.82. The molecule has 0 aliphatic heterocycles. The summed E-state index contributed by atoms with van der Waals surface area (Å²) < 4.78 is 5.35. The molecule has 0 bridgehead atoms. The zero-order valence-corrected chi connectivity index (χ0v) is 12.4. The lowest BCUT2D eigenvalue weighted by atomic mass is 10.1. The largest absolute Gasteiger partial charge is 0.496 e. The average Bonchev–Trinajstić information content (AvgIpc) is 3.07. The highest BCUT2D eigenvalue weighted by Gasteiger charge is 2.21. The van der Waals surface area contributed by atoms with Gasteiger partial charge in [0.2, 0.25) is 0 Å². The Morgan fingerprint density at radius 2 is 2.14 bits per heavy atom. The minimum Gasteiger partial charge on any atom is -0.496 e. The van der Waals surface area contributed by atoms with Crippen LogP contribution in [0.5, 0.6) is 5.75 Å². The molecule has 2 heterocycles. The molecule has 0 amide bonds. The highest BCUT2D eigenvalue weighted by atomic mass is 32.1. The number of nitrogens with zero attached hydrogens (tertiary/aromatic N) is 1. The van der Waals surface area contributed by atoms with Gasteiger partial charge in [0.15, 0.2) is 0 Å². The Labute approximate surface area is 125 Å². The Bertz CT molecular complexity index is 895. The first-order valence-electron chi connectivity index (χ1n) is 6.96. The lowest BCUT2D eigenvalue weighted by Gasteiger charge is -2.07. The summed E-state index contributed by atoms with van der Waals surface area (Å²) in [7, 11) is 1.62. The van der Waals surface area contributed by atoms with Crippen LogP contribution in [0.1, 0.15) is 16.9 Å². The molecule has 1 N–H and O–H groups in total. The molecule has 21 heavy (non-hydrogen) atoms. The Morgan fingerprint density at radius 1 is 1.29 bits per heavy atom. The van der Waals surface area contributed by atoms with E-state index in [1.807, 2.05) is 24.3 Å². The number of benzene rings is 1. The van der Waals surface area contributed by atoms with Crippen molar-refractivity contribution in [1.82, 2.24) is 9.97 Å². The van der Waals surface area contributed by atoms with E-state index >= 15 is 0 Å². The third-order valence-electron chi connectivity index (χ3n) is 3.94. The molecule has 0 radical (unpaired) electrons. The topological polar surface area (TPSA) is 55.0 Å². The monoisotopic (exact) mass is 298 g/mol. The maximum absolute atomic E-state index is 12.5. The molecule has 3 aromatic rings. The normalized spacial score (nSPS) is 13.6. The van der Waals surface area contributed by atoms with Crippen molar-refractivity contribution in [3.05, 3.63) is 45.1 Å². The summed E-state index contributed by atoms with van der Waals surface area (Å²) in [4.78, 5) is 22.2. The number of para-hydroxylation sites is 1. The van der Waals surface area contributed by atoms with Crippen LogP contribution < -0.4 is 10.3 Å². The van der Waals surface area contributed by atoms with Gasteiger partial charge in [-0.05, 0) is 37.0 Å². The highest BCUT2D eigenvalue weighted by molar-refractivity contribution is 7.18. The molecule has 2 aromatic heterocycles. The van der Waals surface area contributed by atoms with Crippen LogP contribution in [0, 0.1) is 0 Å². The number of aryl methyl sites for hydroxylation is 2. The number of hydrogen-bond acceptors (Lipinski definition) is 4. The third-order valence-corrected chi connectivity index (χ3v) is 5.12. The van der Waals surface area contributed by atoms with Gasteiger partial charge in [-0.1, -0.05) is 12.1 Å². The number of aromatic nitrogens is 2. The average molecular weight is 298 g/mol. The van der Waals surface area contributed by atoms with Crippen LogP contribution in [0.25, 0.3) is 21.6 Å². The summed E-state index contributed by atoms with van der Waals surface area (Å²) in [5.41, 5.74) is 1.98. The first-order valence-corrected chi connectivity index (χ1v) is 7.77. The molecule has 4 rings (SSSR count). The number of hydrogen-bond donors (Lipinski definition) is 1. The molecular weight excluding hydrogens is 284 g/mol. The molecule has 106 valence electrons. The van der Waals surface area contributed by atoms with Crippen LogP contribution >= 0.6 is 11.3 Å². The van der Waals surface area contributed by atoms with E-state index in [-0.39, 0.29) is 5.56 Å². The van der Waals surface area contributed by atoms with Crippen molar-refractivity contribution in [2.75, 3.05) is 7.11 Å². The van der Waals surface area contributed by atoms with Crippen molar-refractivity contribution in [2.45, 2.75) is 19.3 Å². The molecule has 1 aliphatic carbocycles. The van der Waals surface area contributed by atoms with Crippen molar-refractivity contribution in [3.63, 3.8) is 0 Å².